The lowest BCUT2D eigenvalue weighted by Crippen LogP contribution is -2.36. The Morgan fingerprint density at radius 2 is 1.86 bits per heavy atom. The number of amides is 1. The Morgan fingerprint density at radius 3 is 2.53 bits per heavy atom. The summed E-state index contributed by atoms with van der Waals surface area (Å²) in [6, 6.07) is 2.64. The summed E-state index contributed by atoms with van der Waals surface area (Å²) in [5.74, 6) is -0.841. The zero-order chi connectivity index (χ0) is 25.4. The number of anilines is 3. The number of hydrogen-bond acceptors (Lipinski definition) is 7. The van der Waals surface area contributed by atoms with Gasteiger partial charge in [0.05, 0.1) is 12.8 Å². The standard InChI is InChI=1S/C25H31F2N7O2/c1-13-9-17(26)21(18(27)10-13)32-25-31-20-11-29-24(30-19-7-8-36-12-14(19)2)33-23(20)34(25)16-5-3-15(4-6-16)22(28)35/h9-11,14-16,19H,3-8,12H2,1-2H3,(H2,28,35)(H,31,32)(H,29,30,33)/t14-,15?,16?,19-/m1/s1. The van der Waals surface area contributed by atoms with Crippen LogP contribution in [0.2, 0.25) is 0 Å². The van der Waals surface area contributed by atoms with E-state index in [-0.39, 0.29) is 35.5 Å². The average molecular weight is 500 g/mol. The molecule has 1 aliphatic carbocycles. The second-order valence-corrected chi connectivity index (χ2v) is 9.94. The third-order valence-electron chi connectivity index (χ3n) is 7.28. The largest absolute Gasteiger partial charge is 0.381 e. The van der Waals surface area contributed by atoms with E-state index in [4.69, 9.17) is 15.5 Å². The van der Waals surface area contributed by atoms with Crippen LogP contribution >= 0.6 is 0 Å². The number of nitrogens with two attached hydrogens (primary N) is 1. The maximum atomic E-state index is 14.7. The van der Waals surface area contributed by atoms with Crippen molar-refractivity contribution < 1.29 is 18.3 Å². The van der Waals surface area contributed by atoms with Crippen LogP contribution in [-0.2, 0) is 9.53 Å². The highest BCUT2D eigenvalue weighted by atomic mass is 19.1. The molecule has 11 heteroatoms. The summed E-state index contributed by atoms with van der Waals surface area (Å²) >= 11 is 0. The second-order valence-electron chi connectivity index (χ2n) is 9.94. The van der Waals surface area contributed by atoms with Crippen molar-refractivity contribution in [1.29, 1.82) is 0 Å². The van der Waals surface area contributed by atoms with Gasteiger partial charge in [0, 0.05) is 24.6 Å². The molecule has 3 aromatic rings. The van der Waals surface area contributed by atoms with Gasteiger partial charge in [0.15, 0.2) is 5.65 Å². The third kappa shape index (κ3) is 4.84. The number of imidazole rings is 1. The number of nitrogens with one attached hydrogen (secondary N) is 2. The molecule has 3 heterocycles. The van der Waals surface area contributed by atoms with E-state index < -0.39 is 11.6 Å². The first-order valence-electron chi connectivity index (χ1n) is 12.4. The molecular formula is C25H31F2N7O2. The van der Waals surface area contributed by atoms with E-state index in [0.29, 0.717) is 67.5 Å². The molecule has 0 unspecified atom stereocenters. The van der Waals surface area contributed by atoms with Gasteiger partial charge in [0.1, 0.15) is 22.8 Å². The van der Waals surface area contributed by atoms with Crippen LogP contribution in [0, 0.1) is 30.4 Å². The fraction of sp³-hybridized carbons (Fsp3) is 0.520. The Hall–Kier alpha value is -3.34. The highest BCUT2D eigenvalue weighted by Gasteiger charge is 2.30. The minimum atomic E-state index is -0.703. The molecule has 1 saturated heterocycles. The molecule has 1 amide bonds. The predicted molar refractivity (Wildman–Crippen MR) is 132 cm³/mol. The normalized spacial score (nSPS) is 24.6. The molecule has 9 nitrogen and oxygen atoms in total. The van der Waals surface area contributed by atoms with Crippen LogP contribution in [0.1, 0.15) is 50.6 Å². The molecule has 1 aromatic carbocycles. The molecule has 36 heavy (non-hydrogen) atoms. The second kappa shape index (κ2) is 9.96. The Labute approximate surface area is 207 Å². The number of primary amides is 1. The van der Waals surface area contributed by atoms with E-state index in [1.165, 1.54) is 12.1 Å². The number of carbonyl (C=O) groups is 1. The van der Waals surface area contributed by atoms with Gasteiger partial charge < -0.3 is 21.1 Å². The zero-order valence-electron chi connectivity index (χ0n) is 20.4. The van der Waals surface area contributed by atoms with Gasteiger partial charge in [0.25, 0.3) is 0 Å². The SMILES string of the molecule is Cc1cc(F)c(Nc2nc3cnc(N[C@@H]4CCOC[C@H]4C)nc3n2C2CCC(C(N)=O)CC2)c(F)c1. The Kier molecular flexibility index (Phi) is 6.74. The summed E-state index contributed by atoms with van der Waals surface area (Å²) in [6.07, 6.45) is 5.04. The molecular weight excluding hydrogens is 468 g/mol. The number of rotatable bonds is 6. The number of benzene rings is 1. The van der Waals surface area contributed by atoms with Crippen molar-refractivity contribution in [3.8, 4) is 0 Å². The predicted octanol–water partition coefficient (Wildman–Crippen LogP) is 4.21. The number of halogens is 2. The first-order chi connectivity index (χ1) is 17.3. The maximum Gasteiger partial charge on any atom is 0.224 e. The minimum Gasteiger partial charge on any atom is -0.381 e. The van der Waals surface area contributed by atoms with Crippen molar-refractivity contribution in [2.75, 3.05) is 23.8 Å². The van der Waals surface area contributed by atoms with Crippen molar-refractivity contribution in [1.82, 2.24) is 19.5 Å². The van der Waals surface area contributed by atoms with Crippen molar-refractivity contribution in [2.24, 2.45) is 17.6 Å². The summed E-state index contributed by atoms with van der Waals surface area (Å²) in [4.78, 5) is 25.5. The molecule has 5 rings (SSSR count). The van der Waals surface area contributed by atoms with Crippen molar-refractivity contribution in [2.45, 2.75) is 58.0 Å². The Balaban J connectivity index is 1.53. The van der Waals surface area contributed by atoms with Crippen LogP contribution in [0.4, 0.5) is 26.4 Å². The highest BCUT2D eigenvalue weighted by Crippen LogP contribution is 2.37. The number of aromatic nitrogens is 4. The van der Waals surface area contributed by atoms with E-state index in [1.54, 1.807) is 13.1 Å². The molecule has 4 N–H and O–H groups in total. The molecule has 2 fully saturated rings. The lowest BCUT2D eigenvalue weighted by molar-refractivity contribution is -0.122. The molecule has 0 bridgehead atoms. The monoisotopic (exact) mass is 499 g/mol. The van der Waals surface area contributed by atoms with Crippen LogP contribution in [0.25, 0.3) is 11.2 Å². The quantitative estimate of drug-likeness (QED) is 0.465. The third-order valence-corrected chi connectivity index (χ3v) is 7.28. The molecule has 0 spiro atoms. The van der Waals surface area contributed by atoms with Crippen molar-refractivity contribution in [3.05, 3.63) is 35.5 Å². The van der Waals surface area contributed by atoms with Crippen LogP contribution in [-0.4, -0.2) is 44.7 Å². The van der Waals surface area contributed by atoms with E-state index in [1.807, 2.05) is 4.57 Å². The summed E-state index contributed by atoms with van der Waals surface area (Å²) in [6.45, 7) is 5.09. The van der Waals surface area contributed by atoms with E-state index in [2.05, 4.69) is 27.5 Å². The van der Waals surface area contributed by atoms with Gasteiger partial charge in [-0.15, -0.1) is 0 Å². The number of fused-ring (bicyclic) bond motifs is 1. The van der Waals surface area contributed by atoms with Crippen LogP contribution in [0.5, 0.6) is 0 Å². The molecule has 2 aromatic heterocycles. The molecule has 2 aliphatic rings. The van der Waals surface area contributed by atoms with Crippen LogP contribution in [0.3, 0.4) is 0 Å². The first-order valence-corrected chi connectivity index (χ1v) is 12.4. The summed E-state index contributed by atoms with van der Waals surface area (Å²) in [7, 11) is 0. The molecule has 1 aliphatic heterocycles. The fourth-order valence-corrected chi connectivity index (χ4v) is 5.20. The van der Waals surface area contributed by atoms with Gasteiger partial charge in [0.2, 0.25) is 17.8 Å². The first kappa shape index (κ1) is 24.4. The van der Waals surface area contributed by atoms with Gasteiger partial charge in [-0.25, -0.2) is 18.7 Å². The van der Waals surface area contributed by atoms with Crippen molar-refractivity contribution >= 4 is 34.7 Å². The summed E-state index contributed by atoms with van der Waals surface area (Å²) in [5.41, 5.74) is 6.81. The topological polar surface area (TPSA) is 120 Å². The van der Waals surface area contributed by atoms with E-state index >= 15 is 0 Å². The smallest absolute Gasteiger partial charge is 0.224 e. The van der Waals surface area contributed by atoms with Gasteiger partial charge >= 0.3 is 0 Å². The Morgan fingerprint density at radius 1 is 1.14 bits per heavy atom. The lowest BCUT2D eigenvalue weighted by atomic mass is 9.85. The summed E-state index contributed by atoms with van der Waals surface area (Å²) < 4.78 is 36.8. The van der Waals surface area contributed by atoms with Gasteiger partial charge in [-0.2, -0.15) is 4.98 Å². The Bertz CT molecular complexity index is 1250. The summed E-state index contributed by atoms with van der Waals surface area (Å²) in [5, 5.41) is 6.28. The zero-order valence-corrected chi connectivity index (χ0v) is 20.4. The van der Waals surface area contributed by atoms with Gasteiger partial charge in [-0.3, -0.25) is 9.36 Å². The van der Waals surface area contributed by atoms with Gasteiger partial charge in [-0.1, -0.05) is 6.92 Å². The number of ether oxygens (including phenoxy) is 1. The van der Waals surface area contributed by atoms with Crippen LogP contribution < -0.4 is 16.4 Å². The number of aryl methyl sites for hydroxylation is 1. The molecule has 2 atom stereocenters. The average Bonchev–Trinajstić information content (AvgIpc) is 3.20. The van der Waals surface area contributed by atoms with Gasteiger partial charge in [-0.05, 0) is 62.6 Å². The maximum absolute atomic E-state index is 14.7. The molecule has 1 saturated carbocycles. The fourth-order valence-electron chi connectivity index (χ4n) is 5.20. The number of carbonyl (C=O) groups excluding carboxylic acids is 1. The van der Waals surface area contributed by atoms with E-state index in [9.17, 15) is 13.6 Å². The number of hydrogen-bond donors (Lipinski definition) is 3. The van der Waals surface area contributed by atoms with Crippen LogP contribution in [0.15, 0.2) is 18.3 Å². The lowest BCUT2D eigenvalue weighted by Gasteiger charge is -2.30. The van der Waals surface area contributed by atoms with E-state index in [0.717, 1.165) is 6.42 Å². The van der Waals surface area contributed by atoms with Crippen molar-refractivity contribution in [3.63, 3.8) is 0 Å². The number of nitrogens with zero attached hydrogens (tertiary/aromatic N) is 4. The molecule has 0 radical (unpaired) electrons. The highest BCUT2D eigenvalue weighted by molar-refractivity contribution is 5.78. The minimum absolute atomic E-state index is 0.0746. The molecule has 192 valence electrons.